The highest BCUT2D eigenvalue weighted by molar-refractivity contribution is 6.35. The Bertz CT molecular complexity index is 1900. The number of hydrogen-bond acceptors (Lipinski definition) is 8. The van der Waals surface area contributed by atoms with Crippen molar-refractivity contribution in [1.82, 2.24) is 24.3 Å². The summed E-state index contributed by atoms with van der Waals surface area (Å²) in [5.74, 6) is 0.270. The molecular formula is C34H33Cl2FN6O4. The van der Waals surface area contributed by atoms with Crippen molar-refractivity contribution < 1.29 is 23.4 Å². The van der Waals surface area contributed by atoms with E-state index in [1.54, 1.807) is 60.3 Å². The number of benzene rings is 3. The molecule has 244 valence electrons. The highest BCUT2D eigenvalue weighted by atomic mass is 35.5. The Morgan fingerprint density at radius 1 is 0.957 bits per heavy atom. The molecule has 0 unspecified atom stereocenters. The Morgan fingerprint density at radius 3 is 2.55 bits per heavy atom. The van der Waals surface area contributed by atoms with Crippen molar-refractivity contribution in [3.63, 3.8) is 0 Å². The first kappa shape index (κ1) is 32.5. The number of ether oxygens (including phenoxy) is 3. The molecule has 0 bridgehead atoms. The van der Waals surface area contributed by atoms with Crippen molar-refractivity contribution in [2.45, 2.75) is 6.42 Å². The number of rotatable bonds is 11. The van der Waals surface area contributed by atoms with Gasteiger partial charge in [0.2, 0.25) is 0 Å². The van der Waals surface area contributed by atoms with Crippen LogP contribution in [0.2, 0.25) is 10.0 Å². The molecule has 0 radical (unpaired) electrons. The van der Waals surface area contributed by atoms with E-state index < -0.39 is 11.7 Å². The summed E-state index contributed by atoms with van der Waals surface area (Å²) in [5.41, 5.74) is 1.57. The second-order valence-corrected chi connectivity index (χ2v) is 12.0. The molecule has 0 aliphatic carbocycles. The molecule has 47 heavy (non-hydrogen) atoms. The molecule has 13 heteroatoms. The Balaban J connectivity index is 1.11. The van der Waals surface area contributed by atoms with E-state index in [0.29, 0.717) is 50.5 Å². The van der Waals surface area contributed by atoms with Gasteiger partial charge >= 0.3 is 0 Å². The van der Waals surface area contributed by atoms with E-state index >= 15 is 4.39 Å². The van der Waals surface area contributed by atoms with Crippen LogP contribution in [-0.2, 0) is 0 Å². The van der Waals surface area contributed by atoms with E-state index in [1.165, 1.54) is 24.7 Å². The molecule has 0 saturated carbocycles. The van der Waals surface area contributed by atoms with Crippen molar-refractivity contribution in [3.05, 3.63) is 94.9 Å². The fraction of sp³-hybridized carbons (Fsp3) is 0.265. The van der Waals surface area contributed by atoms with Crippen LogP contribution in [-0.4, -0.2) is 83.7 Å². The Hall–Kier alpha value is -4.42. The average Bonchev–Trinajstić information content (AvgIpc) is 3.55. The second kappa shape index (κ2) is 14.6. The van der Waals surface area contributed by atoms with Crippen LogP contribution in [0.15, 0.2) is 73.3 Å². The van der Waals surface area contributed by atoms with E-state index in [9.17, 15) is 4.79 Å². The number of fused-ring (bicyclic) bond motifs is 1. The average molecular weight is 680 g/mol. The first-order valence-corrected chi connectivity index (χ1v) is 15.8. The molecule has 2 aromatic heterocycles. The lowest BCUT2D eigenvalue weighted by molar-refractivity contribution is 0.102. The zero-order valence-corrected chi connectivity index (χ0v) is 27.4. The Labute approximate surface area is 281 Å². The lowest BCUT2D eigenvalue weighted by Crippen LogP contribution is -2.44. The van der Waals surface area contributed by atoms with Gasteiger partial charge in [-0.2, -0.15) is 0 Å². The van der Waals surface area contributed by atoms with Crippen molar-refractivity contribution in [2.75, 3.05) is 58.8 Å². The molecule has 5 aromatic rings. The summed E-state index contributed by atoms with van der Waals surface area (Å²) in [5, 5.41) is 4.18. The summed E-state index contributed by atoms with van der Waals surface area (Å²) in [6.07, 6.45) is 5.45. The van der Waals surface area contributed by atoms with Crippen LogP contribution < -0.4 is 19.5 Å². The van der Waals surface area contributed by atoms with Crippen LogP contribution in [0, 0.1) is 5.82 Å². The van der Waals surface area contributed by atoms with Crippen molar-refractivity contribution in [2.24, 2.45) is 0 Å². The summed E-state index contributed by atoms with van der Waals surface area (Å²) in [4.78, 5) is 26.3. The normalized spacial score (nSPS) is 13.9. The van der Waals surface area contributed by atoms with Gasteiger partial charge in [-0.05, 0) is 55.9 Å². The number of nitrogens with zero attached hydrogens (tertiary/aromatic N) is 5. The maximum Gasteiger partial charge on any atom is 0.275 e. The van der Waals surface area contributed by atoms with Gasteiger partial charge in [0.05, 0.1) is 29.9 Å². The maximum atomic E-state index is 15.2. The molecule has 1 aliphatic heterocycles. The third-order valence-corrected chi connectivity index (χ3v) is 8.41. The van der Waals surface area contributed by atoms with Crippen LogP contribution in [0.4, 0.5) is 10.1 Å². The van der Waals surface area contributed by atoms with Gasteiger partial charge in [0.25, 0.3) is 5.91 Å². The standard InChI is InChI=1S/C34H33Cl2FN6O4/c1-41-11-13-42(14-12-41)10-3-15-46-33-19-27-24(18-32(33)45-2)30(8-9-38-27)47-31-7-5-23(17-26(31)37)40-34(44)28-20-43(21-39-28)29-6-4-22(35)16-25(29)36/h4-9,16-21H,3,10-15H2,1-2H3,(H,40,44). The number of hydrogen-bond donors (Lipinski definition) is 1. The summed E-state index contributed by atoms with van der Waals surface area (Å²) in [6.45, 7) is 5.80. The van der Waals surface area contributed by atoms with Gasteiger partial charge in [-0.25, -0.2) is 9.37 Å². The van der Waals surface area contributed by atoms with Crippen LogP contribution in [0.25, 0.3) is 16.6 Å². The van der Waals surface area contributed by atoms with Crippen LogP contribution in [0.3, 0.4) is 0 Å². The minimum absolute atomic E-state index is 0.0274. The highest BCUT2D eigenvalue weighted by Crippen LogP contribution is 2.38. The SMILES string of the molecule is COc1cc2c(Oc3ccc(NC(=O)c4cn(-c5ccc(Cl)cc5Cl)cn4)cc3F)ccnc2cc1OCCCN1CCN(C)CC1. The highest BCUT2D eigenvalue weighted by Gasteiger charge is 2.17. The number of piperazine rings is 1. The first-order chi connectivity index (χ1) is 22.8. The predicted octanol–water partition coefficient (Wildman–Crippen LogP) is 6.94. The number of nitrogens with one attached hydrogen (secondary N) is 1. The molecule has 1 aliphatic rings. The quantitative estimate of drug-likeness (QED) is 0.150. The minimum atomic E-state index is -0.668. The molecule has 6 rings (SSSR count). The fourth-order valence-corrected chi connectivity index (χ4v) is 5.78. The fourth-order valence-electron chi connectivity index (χ4n) is 5.27. The lowest BCUT2D eigenvalue weighted by Gasteiger charge is -2.32. The molecule has 3 heterocycles. The molecule has 1 fully saturated rings. The number of aromatic nitrogens is 3. The van der Waals surface area contributed by atoms with Crippen LogP contribution >= 0.6 is 23.2 Å². The van der Waals surface area contributed by atoms with Crippen molar-refractivity contribution in [3.8, 4) is 28.7 Å². The zero-order chi connectivity index (χ0) is 32.9. The van der Waals surface area contributed by atoms with Crippen LogP contribution in [0.1, 0.15) is 16.9 Å². The number of imidazole rings is 1. The summed E-state index contributed by atoms with van der Waals surface area (Å²) in [6, 6.07) is 14.4. The summed E-state index contributed by atoms with van der Waals surface area (Å²) >= 11 is 12.2. The van der Waals surface area contributed by atoms with E-state index in [0.717, 1.165) is 39.1 Å². The van der Waals surface area contributed by atoms with Gasteiger partial charge < -0.3 is 33.9 Å². The van der Waals surface area contributed by atoms with Gasteiger partial charge in [0.15, 0.2) is 23.1 Å². The topological polar surface area (TPSA) is 94.0 Å². The van der Waals surface area contributed by atoms with Crippen molar-refractivity contribution >= 4 is 45.7 Å². The first-order valence-electron chi connectivity index (χ1n) is 15.1. The number of methoxy groups -OCH3 is 1. The predicted molar refractivity (Wildman–Crippen MR) is 180 cm³/mol. The molecule has 3 aromatic carbocycles. The Kier molecular flexibility index (Phi) is 10.1. The van der Waals surface area contributed by atoms with E-state index in [4.69, 9.17) is 37.4 Å². The smallest absolute Gasteiger partial charge is 0.275 e. The summed E-state index contributed by atoms with van der Waals surface area (Å²) < 4.78 is 34.5. The van der Waals surface area contributed by atoms with Gasteiger partial charge in [0, 0.05) is 73.3 Å². The number of carbonyl (C=O) groups excluding carboxylic acids is 1. The molecular weight excluding hydrogens is 646 g/mol. The lowest BCUT2D eigenvalue weighted by atomic mass is 10.1. The molecule has 10 nitrogen and oxygen atoms in total. The third kappa shape index (κ3) is 7.77. The monoisotopic (exact) mass is 678 g/mol. The van der Waals surface area contributed by atoms with E-state index in [-0.39, 0.29) is 17.1 Å². The number of anilines is 1. The zero-order valence-electron chi connectivity index (χ0n) is 25.9. The summed E-state index contributed by atoms with van der Waals surface area (Å²) in [7, 11) is 3.71. The van der Waals surface area contributed by atoms with E-state index in [1.807, 2.05) is 0 Å². The number of halogens is 3. The third-order valence-electron chi connectivity index (χ3n) is 7.87. The number of amides is 1. The van der Waals surface area contributed by atoms with Crippen molar-refractivity contribution in [1.29, 1.82) is 0 Å². The second-order valence-electron chi connectivity index (χ2n) is 11.1. The van der Waals surface area contributed by atoms with Gasteiger partial charge in [-0.3, -0.25) is 9.78 Å². The van der Waals surface area contributed by atoms with Gasteiger partial charge in [0.1, 0.15) is 17.8 Å². The Morgan fingerprint density at radius 2 is 1.79 bits per heavy atom. The van der Waals surface area contributed by atoms with Gasteiger partial charge in [-0.1, -0.05) is 23.2 Å². The van der Waals surface area contributed by atoms with Crippen LogP contribution in [0.5, 0.6) is 23.0 Å². The molecule has 1 amide bonds. The molecule has 1 saturated heterocycles. The molecule has 1 N–H and O–H groups in total. The van der Waals surface area contributed by atoms with Gasteiger partial charge in [-0.15, -0.1) is 0 Å². The number of likely N-dealkylation sites (N-methyl/N-ethyl adjacent to an activating group) is 1. The molecule has 0 atom stereocenters. The largest absolute Gasteiger partial charge is 0.493 e. The maximum absolute atomic E-state index is 15.2. The number of pyridine rings is 1. The number of carbonyl (C=O) groups is 1. The molecule has 0 spiro atoms. The minimum Gasteiger partial charge on any atom is -0.493 e. The van der Waals surface area contributed by atoms with E-state index in [2.05, 4.69) is 32.1 Å².